The predicted octanol–water partition coefficient (Wildman–Crippen LogP) is 2.70. The number of nitro benzene ring substituents is 1. The fourth-order valence-electron chi connectivity index (χ4n) is 3.60. The van der Waals surface area contributed by atoms with Crippen LogP contribution in [-0.2, 0) is 26.2 Å². The van der Waals surface area contributed by atoms with E-state index in [1.165, 1.54) is 30.2 Å². The van der Waals surface area contributed by atoms with E-state index >= 15 is 0 Å². The third-order valence-electron chi connectivity index (χ3n) is 5.34. The Labute approximate surface area is 211 Å². The van der Waals surface area contributed by atoms with Gasteiger partial charge in [0, 0.05) is 24.7 Å². The maximum atomic E-state index is 13.6. The van der Waals surface area contributed by atoms with Crippen LogP contribution < -0.4 is 14.4 Å². The zero-order valence-electron chi connectivity index (χ0n) is 21.0. The number of rotatable bonds is 12. The number of hydrogen-bond acceptors (Lipinski definition) is 7. The van der Waals surface area contributed by atoms with Crippen LogP contribution >= 0.6 is 0 Å². The van der Waals surface area contributed by atoms with Crippen LogP contribution in [0.5, 0.6) is 5.75 Å². The molecule has 11 nitrogen and oxygen atoms in total. The first-order chi connectivity index (χ1) is 16.9. The molecule has 1 atom stereocenters. The third kappa shape index (κ3) is 7.67. The summed E-state index contributed by atoms with van der Waals surface area (Å²) in [5.74, 6) is -0.376. The molecule has 1 N–H and O–H groups in total. The van der Waals surface area contributed by atoms with Crippen molar-refractivity contribution in [3.63, 3.8) is 0 Å². The number of methoxy groups -OCH3 is 1. The van der Waals surface area contributed by atoms with Crippen LogP contribution in [-0.4, -0.2) is 62.0 Å². The molecule has 0 bridgehead atoms. The minimum atomic E-state index is -4.00. The zero-order chi connectivity index (χ0) is 27.0. The van der Waals surface area contributed by atoms with Crippen molar-refractivity contribution in [1.82, 2.24) is 10.2 Å². The van der Waals surface area contributed by atoms with Crippen molar-refractivity contribution < 1.29 is 27.7 Å². The Morgan fingerprint density at radius 3 is 2.28 bits per heavy atom. The molecule has 2 rings (SSSR count). The van der Waals surface area contributed by atoms with E-state index in [9.17, 15) is 28.1 Å². The molecule has 0 aliphatic rings. The summed E-state index contributed by atoms with van der Waals surface area (Å²) < 4.78 is 31.2. The normalized spacial score (nSPS) is 12.1. The highest BCUT2D eigenvalue weighted by Gasteiger charge is 2.32. The number of benzene rings is 2. The number of carbonyl (C=O) groups is 2. The van der Waals surface area contributed by atoms with Crippen LogP contribution in [0, 0.1) is 10.1 Å². The second-order valence-corrected chi connectivity index (χ2v) is 10.4. The largest absolute Gasteiger partial charge is 0.497 e. The summed E-state index contributed by atoms with van der Waals surface area (Å²) in [7, 11) is -2.47. The number of amides is 2. The monoisotopic (exact) mass is 520 g/mol. The predicted molar refractivity (Wildman–Crippen MR) is 136 cm³/mol. The van der Waals surface area contributed by atoms with E-state index in [0.29, 0.717) is 11.3 Å². The molecule has 0 spiro atoms. The highest BCUT2D eigenvalue weighted by molar-refractivity contribution is 7.92. The Balaban J connectivity index is 2.47. The van der Waals surface area contributed by atoms with Gasteiger partial charge in [-0.15, -0.1) is 0 Å². The van der Waals surface area contributed by atoms with Crippen LogP contribution in [0.4, 0.5) is 11.4 Å². The molecule has 2 aromatic rings. The number of carbonyl (C=O) groups excluding carboxylic acids is 2. The second-order valence-electron chi connectivity index (χ2n) is 8.50. The molecule has 0 radical (unpaired) electrons. The van der Waals surface area contributed by atoms with Gasteiger partial charge < -0.3 is 15.0 Å². The molecule has 0 heterocycles. The molecule has 0 aliphatic carbocycles. The van der Waals surface area contributed by atoms with Crippen LogP contribution in [0.25, 0.3) is 0 Å². The van der Waals surface area contributed by atoms with Crippen molar-refractivity contribution in [1.29, 1.82) is 0 Å². The topological polar surface area (TPSA) is 139 Å². The third-order valence-corrected chi connectivity index (χ3v) is 6.48. The van der Waals surface area contributed by atoms with E-state index in [2.05, 4.69) is 5.32 Å². The van der Waals surface area contributed by atoms with Crippen molar-refractivity contribution >= 4 is 33.2 Å². The van der Waals surface area contributed by atoms with E-state index in [0.717, 1.165) is 16.6 Å². The van der Waals surface area contributed by atoms with Gasteiger partial charge in [0.1, 0.15) is 18.3 Å². The first kappa shape index (κ1) is 28.6. The molecule has 0 saturated carbocycles. The average Bonchev–Trinajstić information content (AvgIpc) is 2.81. The average molecular weight is 521 g/mol. The number of anilines is 1. The molecule has 2 amide bonds. The number of nitro groups is 1. The van der Waals surface area contributed by atoms with Gasteiger partial charge in [0.05, 0.1) is 24.0 Å². The molecule has 196 valence electrons. The first-order valence-corrected chi connectivity index (χ1v) is 13.2. The molecule has 0 fully saturated rings. The van der Waals surface area contributed by atoms with Crippen molar-refractivity contribution in [3.8, 4) is 5.75 Å². The second kappa shape index (κ2) is 12.3. The van der Waals surface area contributed by atoms with Gasteiger partial charge in [-0.3, -0.25) is 24.0 Å². The molecule has 0 saturated heterocycles. The number of nitrogens with zero attached hydrogens (tertiary/aromatic N) is 3. The highest BCUT2D eigenvalue weighted by atomic mass is 32.2. The van der Waals surface area contributed by atoms with Crippen LogP contribution in [0.3, 0.4) is 0 Å². The summed E-state index contributed by atoms with van der Waals surface area (Å²) in [4.78, 5) is 38.4. The van der Waals surface area contributed by atoms with Crippen LogP contribution in [0.2, 0.25) is 0 Å². The van der Waals surface area contributed by atoms with Crippen molar-refractivity contribution in [2.45, 2.75) is 45.8 Å². The highest BCUT2D eigenvalue weighted by Crippen LogP contribution is 2.24. The Bertz CT molecular complexity index is 1180. The Kier molecular flexibility index (Phi) is 9.79. The lowest BCUT2D eigenvalue weighted by molar-refractivity contribution is -0.384. The summed E-state index contributed by atoms with van der Waals surface area (Å²) in [6.07, 6.45) is 1.20. The molecule has 2 aromatic carbocycles. The van der Waals surface area contributed by atoms with E-state index in [4.69, 9.17) is 4.74 Å². The first-order valence-electron chi connectivity index (χ1n) is 11.3. The number of non-ortho nitro benzene ring substituents is 1. The Morgan fingerprint density at radius 2 is 1.78 bits per heavy atom. The standard InChI is InChI=1S/C24H32N4O7S/c1-6-22(24(30)25-17(2)3)26(15-18-10-12-21(35-4)13-11-18)23(29)16-27(36(5,33)34)19-8-7-9-20(14-19)28(31)32/h7-14,17,22H,6,15-16H2,1-5H3,(H,25,30)/t22-/m1/s1. The smallest absolute Gasteiger partial charge is 0.271 e. The minimum Gasteiger partial charge on any atom is -0.497 e. The van der Waals surface area contributed by atoms with Gasteiger partial charge in [-0.25, -0.2) is 8.42 Å². The van der Waals surface area contributed by atoms with Crippen molar-refractivity contribution in [3.05, 3.63) is 64.2 Å². The van der Waals surface area contributed by atoms with Gasteiger partial charge in [-0.1, -0.05) is 25.1 Å². The van der Waals surface area contributed by atoms with Crippen LogP contribution in [0.1, 0.15) is 32.8 Å². The van der Waals surface area contributed by atoms with Gasteiger partial charge >= 0.3 is 0 Å². The van der Waals surface area contributed by atoms with Gasteiger partial charge in [0.15, 0.2) is 0 Å². The maximum Gasteiger partial charge on any atom is 0.271 e. The van der Waals surface area contributed by atoms with Crippen molar-refractivity contribution in [2.24, 2.45) is 0 Å². The Morgan fingerprint density at radius 1 is 1.14 bits per heavy atom. The summed E-state index contributed by atoms with van der Waals surface area (Å²) >= 11 is 0. The van der Waals surface area contributed by atoms with E-state index in [-0.39, 0.29) is 36.3 Å². The van der Waals surface area contributed by atoms with E-state index in [1.54, 1.807) is 45.0 Å². The Hall–Kier alpha value is -3.67. The molecule has 0 aliphatic heterocycles. The fraction of sp³-hybridized carbons (Fsp3) is 0.417. The van der Waals surface area contributed by atoms with Gasteiger partial charge in [-0.05, 0) is 44.0 Å². The van der Waals surface area contributed by atoms with Crippen LogP contribution in [0.15, 0.2) is 48.5 Å². The number of ether oxygens (including phenoxy) is 1. The van der Waals surface area contributed by atoms with Crippen molar-refractivity contribution in [2.75, 3.05) is 24.2 Å². The number of nitrogens with one attached hydrogen (secondary N) is 1. The molecule has 0 unspecified atom stereocenters. The molecular formula is C24H32N4O7S. The summed E-state index contributed by atoms with van der Waals surface area (Å²) in [5.41, 5.74) is 0.372. The molecule has 36 heavy (non-hydrogen) atoms. The zero-order valence-corrected chi connectivity index (χ0v) is 21.8. The fourth-order valence-corrected chi connectivity index (χ4v) is 4.44. The summed E-state index contributed by atoms with van der Waals surface area (Å²) in [6.45, 7) is 4.76. The van der Waals surface area contributed by atoms with E-state index in [1.807, 2.05) is 0 Å². The summed E-state index contributed by atoms with van der Waals surface area (Å²) in [5, 5.41) is 14.0. The number of hydrogen-bond donors (Lipinski definition) is 1. The number of sulfonamides is 1. The lowest BCUT2D eigenvalue weighted by Crippen LogP contribution is -2.53. The molecular weight excluding hydrogens is 488 g/mol. The quantitative estimate of drug-likeness (QED) is 0.335. The van der Waals surface area contributed by atoms with Gasteiger partial charge in [0.2, 0.25) is 21.8 Å². The lowest BCUT2D eigenvalue weighted by Gasteiger charge is -2.33. The maximum absolute atomic E-state index is 13.6. The SMILES string of the molecule is CC[C@H](C(=O)NC(C)C)N(Cc1ccc(OC)cc1)C(=O)CN(c1cccc([N+](=O)[O-])c1)S(C)(=O)=O. The molecule has 0 aromatic heterocycles. The molecule has 12 heteroatoms. The lowest BCUT2D eigenvalue weighted by atomic mass is 10.1. The van der Waals surface area contributed by atoms with E-state index < -0.39 is 33.4 Å². The minimum absolute atomic E-state index is 0.0240. The summed E-state index contributed by atoms with van der Waals surface area (Å²) in [6, 6.07) is 10.9. The van der Waals surface area contributed by atoms with Gasteiger partial charge in [-0.2, -0.15) is 0 Å². The van der Waals surface area contributed by atoms with Gasteiger partial charge in [0.25, 0.3) is 5.69 Å².